The molecule has 2 N–H and O–H groups in total. The summed E-state index contributed by atoms with van der Waals surface area (Å²) in [6, 6.07) is 6.58. The van der Waals surface area contributed by atoms with Gasteiger partial charge in [0.05, 0.1) is 6.04 Å². The zero-order valence-electron chi connectivity index (χ0n) is 14.2. The Labute approximate surface area is 142 Å². The zero-order chi connectivity index (χ0) is 16.6. The predicted molar refractivity (Wildman–Crippen MR) is 94.0 cm³/mol. The normalized spacial score (nSPS) is 35.6. The minimum Gasteiger partial charge on any atom is -0.508 e. The van der Waals surface area contributed by atoms with Crippen LogP contribution in [0.3, 0.4) is 0 Å². The monoisotopic (exact) mass is 324 g/mol. The number of phenolic OH excluding ortho intramolecular Hbond substituents is 1. The molecule has 0 spiro atoms. The third kappa shape index (κ3) is 1.65. The summed E-state index contributed by atoms with van der Waals surface area (Å²) < 4.78 is 2.33. The molecule has 4 heteroatoms. The van der Waals surface area contributed by atoms with E-state index < -0.39 is 0 Å². The van der Waals surface area contributed by atoms with Crippen molar-refractivity contribution in [1.82, 2.24) is 9.47 Å². The maximum Gasteiger partial charge on any atom is 0.116 e. The number of aliphatic hydroxyl groups is 1. The Morgan fingerprint density at radius 1 is 1.33 bits per heavy atom. The van der Waals surface area contributed by atoms with Crippen molar-refractivity contribution >= 4 is 10.9 Å². The summed E-state index contributed by atoms with van der Waals surface area (Å²) in [5, 5.41) is 21.2. The first-order valence-electron chi connectivity index (χ1n) is 8.96. The number of phenols is 1. The van der Waals surface area contributed by atoms with Gasteiger partial charge in [-0.3, -0.25) is 4.90 Å². The van der Waals surface area contributed by atoms with Crippen LogP contribution in [0.1, 0.15) is 30.6 Å². The Morgan fingerprint density at radius 2 is 2.17 bits per heavy atom. The fraction of sp³-hybridized carbons (Fsp3) is 0.500. The Kier molecular flexibility index (Phi) is 2.95. The molecule has 24 heavy (non-hydrogen) atoms. The molecule has 4 nitrogen and oxygen atoms in total. The maximum absolute atomic E-state index is 10.0. The highest BCUT2D eigenvalue weighted by atomic mass is 16.3. The van der Waals surface area contributed by atoms with Crippen molar-refractivity contribution < 1.29 is 10.2 Å². The van der Waals surface area contributed by atoms with Gasteiger partial charge in [-0.25, -0.2) is 0 Å². The van der Waals surface area contributed by atoms with Crippen LogP contribution in [0.2, 0.25) is 0 Å². The number of hydrogen-bond donors (Lipinski definition) is 2. The molecule has 5 atom stereocenters. The predicted octanol–water partition coefficient (Wildman–Crippen LogP) is 2.74. The summed E-state index contributed by atoms with van der Waals surface area (Å²) in [5.41, 5.74) is 5.51. The lowest BCUT2D eigenvalue weighted by Crippen LogP contribution is -2.61. The number of benzene rings is 1. The van der Waals surface area contributed by atoms with Crippen molar-refractivity contribution in [3.8, 4) is 5.75 Å². The summed E-state index contributed by atoms with van der Waals surface area (Å²) in [4.78, 5) is 2.62. The number of rotatable bonds is 1. The number of fused-ring (bicyclic) bond motifs is 4. The molecule has 2 aromatic rings. The van der Waals surface area contributed by atoms with Gasteiger partial charge in [-0.15, -0.1) is 0 Å². The maximum atomic E-state index is 10.0. The standard InChI is InChI=1S/C20H24N2O2/c1-3-11-9-22-18-8-15-14-6-12(24)4-5-17(14)21(2)20(15)19(22)7-13(11)16(18)10-23/h3-6,13,16,18-19,23-24H,7-10H2,1-2H3. The number of piperidine rings is 3. The van der Waals surface area contributed by atoms with Gasteiger partial charge in [0.1, 0.15) is 5.75 Å². The summed E-state index contributed by atoms with van der Waals surface area (Å²) >= 11 is 0. The molecule has 3 fully saturated rings. The molecule has 4 aliphatic heterocycles. The van der Waals surface area contributed by atoms with Crippen molar-refractivity contribution in [1.29, 1.82) is 0 Å². The second-order valence-electron chi connectivity index (χ2n) is 7.64. The second-order valence-corrected chi connectivity index (χ2v) is 7.64. The molecule has 0 aliphatic carbocycles. The number of hydrogen-bond acceptors (Lipinski definition) is 3. The van der Waals surface area contributed by atoms with Gasteiger partial charge < -0.3 is 14.8 Å². The van der Waals surface area contributed by atoms with E-state index in [1.54, 1.807) is 6.07 Å². The molecule has 6 rings (SSSR count). The molecule has 126 valence electrons. The average Bonchev–Trinajstić information content (AvgIpc) is 2.86. The van der Waals surface area contributed by atoms with Crippen LogP contribution in [-0.4, -0.2) is 38.9 Å². The van der Waals surface area contributed by atoms with Crippen molar-refractivity contribution in [2.24, 2.45) is 18.9 Å². The van der Waals surface area contributed by atoms with E-state index in [0.717, 1.165) is 19.4 Å². The highest BCUT2D eigenvalue weighted by Crippen LogP contribution is 2.54. The molecular weight excluding hydrogens is 300 g/mol. The van der Waals surface area contributed by atoms with Gasteiger partial charge in [-0.05, 0) is 49.4 Å². The Bertz CT molecular complexity index is 866. The summed E-state index contributed by atoms with van der Waals surface area (Å²) in [5.74, 6) is 1.19. The van der Waals surface area contributed by atoms with Gasteiger partial charge >= 0.3 is 0 Å². The summed E-state index contributed by atoms with van der Waals surface area (Å²) in [7, 11) is 2.15. The largest absolute Gasteiger partial charge is 0.508 e. The fourth-order valence-corrected chi connectivity index (χ4v) is 5.75. The lowest BCUT2D eigenvalue weighted by atomic mass is 9.64. The SMILES string of the molecule is CC=C1CN2C3CC1C(CO)C2Cc1c3n(C)c2ccc(O)cc12. The van der Waals surface area contributed by atoms with Crippen LogP contribution in [-0.2, 0) is 13.5 Å². The molecule has 0 saturated carbocycles. The summed E-state index contributed by atoms with van der Waals surface area (Å²) in [6.45, 7) is 3.44. The van der Waals surface area contributed by atoms with E-state index >= 15 is 0 Å². The molecule has 1 aromatic heterocycles. The number of nitrogens with zero attached hydrogens (tertiary/aromatic N) is 2. The topological polar surface area (TPSA) is 48.6 Å². The van der Waals surface area contributed by atoms with E-state index in [0.29, 0.717) is 29.7 Å². The zero-order valence-corrected chi connectivity index (χ0v) is 14.2. The number of allylic oxidation sites excluding steroid dienone is 1. The molecule has 1 aromatic carbocycles. The smallest absolute Gasteiger partial charge is 0.116 e. The van der Waals surface area contributed by atoms with Crippen LogP contribution in [0, 0.1) is 11.8 Å². The van der Waals surface area contributed by atoms with Gasteiger partial charge in [0.25, 0.3) is 0 Å². The first kappa shape index (κ1) is 14.6. The van der Waals surface area contributed by atoms with Gasteiger partial charge in [0, 0.05) is 48.8 Å². The fourth-order valence-electron chi connectivity index (χ4n) is 5.75. The van der Waals surface area contributed by atoms with Crippen LogP contribution in [0.5, 0.6) is 5.75 Å². The number of aliphatic hydroxyl groups excluding tert-OH is 1. The molecular formula is C20H24N2O2. The van der Waals surface area contributed by atoms with Crippen molar-refractivity contribution in [3.63, 3.8) is 0 Å². The Morgan fingerprint density at radius 3 is 2.92 bits per heavy atom. The highest BCUT2D eigenvalue weighted by Gasteiger charge is 2.52. The van der Waals surface area contributed by atoms with E-state index in [-0.39, 0.29) is 6.61 Å². The van der Waals surface area contributed by atoms with E-state index in [1.165, 1.54) is 27.7 Å². The molecule has 0 radical (unpaired) electrons. The van der Waals surface area contributed by atoms with E-state index in [4.69, 9.17) is 0 Å². The van der Waals surface area contributed by atoms with E-state index in [9.17, 15) is 10.2 Å². The molecule has 0 amide bonds. The highest BCUT2D eigenvalue weighted by molar-refractivity contribution is 5.87. The minimum absolute atomic E-state index is 0.265. The average molecular weight is 324 g/mol. The first-order valence-corrected chi connectivity index (χ1v) is 8.96. The van der Waals surface area contributed by atoms with Crippen molar-refractivity contribution in [3.05, 3.63) is 41.1 Å². The molecule has 3 saturated heterocycles. The Hall–Kier alpha value is -1.78. The molecule has 5 unspecified atom stereocenters. The molecule has 4 bridgehead atoms. The van der Waals surface area contributed by atoms with Crippen LogP contribution in [0.4, 0.5) is 0 Å². The summed E-state index contributed by atoms with van der Waals surface area (Å²) in [6.07, 6.45) is 4.34. The van der Waals surface area contributed by atoms with Crippen LogP contribution in [0.15, 0.2) is 29.8 Å². The Balaban J connectivity index is 1.72. The van der Waals surface area contributed by atoms with Gasteiger partial charge in [0.15, 0.2) is 0 Å². The minimum atomic E-state index is 0.265. The molecule has 4 aliphatic rings. The van der Waals surface area contributed by atoms with Crippen molar-refractivity contribution in [2.75, 3.05) is 13.2 Å². The number of aryl methyl sites for hydroxylation is 1. The van der Waals surface area contributed by atoms with Crippen LogP contribution >= 0.6 is 0 Å². The lowest BCUT2D eigenvalue weighted by Gasteiger charge is -2.58. The van der Waals surface area contributed by atoms with Gasteiger partial charge in [-0.2, -0.15) is 0 Å². The quantitative estimate of drug-likeness (QED) is 0.793. The van der Waals surface area contributed by atoms with E-state index in [1.807, 2.05) is 12.1 Å². The second kappa shape index (κ2) is 4.87. The first-order chi connectivity index (χ1) is 11.6. The lowest BCUT2D eigenvalue weighted by molar-refractivity contribution is -0.0513. The van der Waals surface area contributed by atoms with Gasteiger partial charge in [-0.1, -0.05) is 11.6 Å². The third-order valence-corrected chi connectivity index (χ3v) is 6.80. The van der Waals surface area contributed by atoms with Crippen LogP contribution in [0.25, 0.3) is 10.9 Å². The van der Waals surface area contributed by atoms with Crippen LogP contribution < -0.4 is 0 Å². The molecule has 5 heterocycles. The van der Waals surface area contributed by atoms with Crippen molar-refractivity contribution in [2.45, 2.75) is 31.8 Å². The third-order valence-electron chi connectivity index (χ3n) is 6.80. The number of aromatic nitrogens is 1. The van der Waals surface area contributed by atoms with Gasteiger partial charge in [0.2, 0.25) is 0 Å². The number of aromatic hydroxyl groups is 1. The van der Waals surface area contributed by atoms with E-state index in [2.05, 4.69) is 29.5 Å².